The average molecular weight is 310 g/mol. The summed E-state index contributed by atoms with van der Waals surface area (Å²) in [6.45, 7) is 2.03. The molecular weight excluding hydrogens is 294 g/mol. The third-order valence-electron chi connectivity index (χ3n) is 2.80. The van der Waals surface area contributed by atoms with Crippen LogP contribution in [0.5, 0.6) is 5.75 Å². The molecule has 1 heterocycles. The van der Waals surface area contributed by atoms with E-state index in [4.69, 9.17) is 4.74 Å². The van der Waals surface area contributed by atoms with Crippen molar-refractivity contribution in [1.29, 1.82) is 0 Å². The van der Waals surface area contributed by atoms with Gasteiger partial charge < -0.3 is 9.64 Å². The van der Waals surface area contributed by atoms with Crippen LogP contribution in [0.2, 0.25) is 0 Å². The Morgan fingerprint density at radius 3 is 2.56 bits per heavy atom. The van der Waals surface area contributed by atoms with Crippen LogP contribution in [0.1, 0.15) is 5.56 Å². The van der Waals surface area contributed by atoms with Crippen LogP contribution in [0.15, 0.2) is 22.7 Å². The number of benzene rings is 1. The number of nitrogens with zero attached hydrogens (tertiary/aromatic N) is 2. The summed E-state index contributed by atoms with van der Waals surface area (Å²) in [4.78, 5) is 1.96. The number of hydrogen-bond donors (Lipinski definition) is 1. The second-order valence-corrected chi connectivity index (χ2v) is 5.11. The number of aromatic nitrogens is 2. The molecule has 0 aliphatic carbocycles. The normalized spacial score (nSPS) is 10.5. The minimum absolute atomic E-state index is 0.887. The monoisotopic (exact) mass is 309 g/mol. The van der Waals surface area contributed by atoms with Gasteiger partial charge in [0.25, 0.3) is 0 Å². The van der Waals surface area contributed by atoms with E-state index >= 15 is 0 Å². The predicted molar refractivity (Wildman–Crippen MR) is 77.3 cm³/mol. The SMILES string of the molecule is COc1ccc(-c2[nH]nc(N(C)C)c2Br)cc1C. The number of methoxy groups -OCH3 is 1. The lowest BCUT2D eigenvalue weighted by Crippen LogP contribution is -2.09. The van der Waals surface area contributed by atoms with Crippen LogP contribution in [0.4, 0.5) is 5.82 Å². The first-order valence-electron chi connectivity index (χ1n) is 5.60. The summed E-state index contributed by atoms with van der Waals surface area (Å²) >= 11 is 3.58. The standard InChI is InChI=1S/C13H16BrN3O/c1-8-7-9(5-6-10(8)18-4)12-11(14)13(16-15-12)17(2)3/h5-7H,1-4H3,(H,15,16). The zero-order valence-electron chi connectivity index (χ0n) is 10.9. The van der Waals surface area contributed by atoms with Crippen molar-refractivity contribution in [3.05, 3.63) is 28.2 Å². The van der Waals surface area contributed by atoms with Gasteiger partial charge in [0.1, 0.15) is 5.75 Å². The number of hydrogen-bond acceptors (Lipinski definition) is 3. The van der Waals surface area contributed by atoms with E-state index in [-0.39, 0.29) is 0 Å². The van der Waals surface area contributed by atoms with E-state index in [9.17, 15) is 0 Å². The van der Waals surface area contributed by atoms with Crippen LogP contribution >= 0.6 is 15.9 Å². The first kappa shape index (κ1) is 13.0. The van der Waals surface area contributed by atoms with E-state index in [2.05, 4.69) is 32.2 Å². The third-order valence-corrected chi connectivity index (χ3v) is 3.55. The highest BCUT2D eigenvalue weighted by Gasteiger charge is 2.14. The third kappa shape index (κ3) is 2.22. The molecule has 18 heavy (non-hydrogen) atoms. The summed E-state index contributed by atoms with van der Waals surface area (Å²) in [5.41, 5.74) is 3.16. The molecule has 2 aromatic rings. The number of H-pyrrole nitrogens is 1. The van der Waals surface area contributed by atoms with Gasteiger partial charge in [-0.05, 0) is 46.6 Å². The van der Waals surface area contributed by atoms with Gasteiger partial charge in [0.2, 0.25) is 0 Å². The van der Waals surface area contributed by atoms with Crippen LogP contribution in [-0.2, 0) is 0 Å². The van der Waals surface area contributed by atoms with Crippen molar-refractivity contribution >= 4 is 21.7 Å². The van der Waals surface area contributed by atoms with Crippen LogP contribution in [0.25, 0.3) is 11.3 Å². The molecule has 1 aromatic heterocycles. The second kappa shape index (κ2) is 5.02. The molecule has 1 aromatic carbocycles. The van der Waals surface area contributed by atoms with E-state index in [1.54, 1.807) is 7.11 Å². The first-order valence-corrected chi connectivity index (χ1v) is 6.40. The molecule has 0 spiro atoms. The lowest BCUT2D eigenvalue weighted by atomic mass is 10.1. The van der Waals surface area contributed by atoms with Crippen molar-refractivity contribution in [3.63, 3.8) is 0 Å². The fraction of sp³-hybridized carbons (Fsp3) is 0.308. The Bertz CT molecular complexity index is 563. The number of ether oxygens (including phenoxy) is 1. The highest BCUT2D eigenvalue weighted by atomic mass is 79.9. The Balaban J connectivity index is 2.46. The maximum atomic E-state index is 5.26. The Morgan fingerprint density at radius 2 is 2.06 bits per heavy atom. The highest BCUT2D eigenvalue weighted by molar-refractivity contribution is 9.10. The van der Waals surface area contributed by atoms with Crippen molar-refractivity contribution in [2.45, 2.75) is 6.92 Å². The summed E-state index contributed by atoms with van der Waals surface area (Å²) in [5, 5.41) is 7.34. The molecule has 1 N–H and O–H groups in total. The van der Waals surface area contributed by atoms with Crippen LogP contribution < -0.4 is 9.64 Å². The molecule has 0 bridgehead atoms. The molecule has 0 aliphatic rings. The fourth-order valence-corrected chi connectivity index (χ4v) is 2.60. The van der Waals surface area contributed by atoms with Gasteiger partial charge in [-0.1, -0.05) is 0 Å². The van der Waals surface area contributed by atoms with E-state index in [0.717, 1.165) is 32.9 Å². The van der Waals surface area contributed by atoms with E-state index in [0.29, 0.717) is 0 Å². The molecule has 96 valence electrons. The van der Waals surface area contributed by atoms with Crippen molar-refractivity contribution in [2.75, 3.05) is 26.1 Å². The minimum atomic E-state index is 0.887. The Labute approximate surface area is 115 Å². The molecule has 0 unspecified atom stereocenters. The minimum Gasteiger partial charge on any atom is -0.496 e. The summed E-state index contributed by atoms with van der Waals surface area (Å²) < 4.78 is 6.23. The largest absolute Gasteiger partial charge is 0.496 e. The highest BCUT2D eigenvalue weighted by Crippen LogP contribution is 2.34. The van der Waals surface area contributed by atoms with Crippen molar-refractivity contribution in [3.8, 4) is 17.0 Å². The maximum Gasteiger partial charge on any atom is 0.164 e. The summed E-state index contributed by atoms with van der Waals surface area (Å²) in [7, 11) is 5.60. The maximum absolute atomic E-state index is 5.26. The average Bonchev–Trinajstić information content (AvgIpc) is 2.71. The zero-order valence-corrected chi connectivity index (χ0v) is 12.5. The molecule has 5 heteroatoms. The number of rotatable bonds is 3. The molecule has 0 amide bonds. The summed E-state index contributed by atoms with van der Waals surface area (Å²) in [5.74, 6) is 1.78. The summed E-state index contributed by atoms with van der Waals surface area (Å²) in [6.07, 6.45) is 0. The molecule has 4 nitrogen and oxygen atoms in total. The van der Waals surface area contributed by atoms with Gasteiger partial charge in [-0.15, -0.1) is 0 Å². The topological polar surface area (TPSA) is 41.1 Å². The van der Waals surface area contributed by atoms with Gasteiger partial charge in [0.05, 0.1) is 17.3 Å². The number of halogens is 1. The Hall–Kier alpha value is -1.49. The van der Waals surface area contributed by atoms with E-state index in [1.165, 1.54) is 0 Å². The molecule has 0 saturated carbocycles. The zero-order chi connectivity index (χ0) is 13.3. The van der Waals surface area contributed by atoms with Crippen LogP contribution in [0, 0.1) is 6.92 Å². The quantitative estimate of drug-likeness (QED) is 0.946. The number of anilines is 1. The number of nitrogens with one attached hydrogen (secondary N) is 1. The van der Waals surface area contributed by atoms with Gasteiger partial charge in [0, 0.05) is 19.7 Å². The van der Waals surface area contributed by atoms with E-state index in [1.807, 2.05) is 38.1 Å². The van der Waals surface area contributed by atoms with Gasteiger partial charge in [-0.3, -0.25) is 5.10 Å². The molecule has 2 rings (SSSR count). The molecule has 0 aliphatic heterocycles. The lowest BCUT2D eigenvalue weighted by Gasteiger charge is -2.09. The van der Waals surface area contributed by atoms with Gasteiger partial charge in [0.15, 0.2) is 5.82 Å². The number of aromatic amines is 1. The number of aryl methyl sites for hydroxylation is 1. The predicted octanol–water partition coefficient (Wildman–Crippen LogP) is 3.22. The Kier molecular flexibility index (Phi) is 3.61. The smallest absolute Gasteiger partial charge is 0.164 e. The fourth-order valence-electron chi connectivity index (χ4n) is 1.84. The second-order valence-electron chi connectivity index (χ2n) is 4.32. The van der Waals surface area contributed by atoms with Crippen LogP contribution in [-0.4, -0.2) is 31.4 Å². The summed E-state index contributed by atoms with van der Waals surface area (Å²) in [6, 6.07) is 6.06. The molecule has 0 saturated heterocycles. The van der Waals surface area contributed by atoms with Crippen molar-refractivity contribution in [2.24, 2.45) is 0 Å². The van der Waals surface area contributed by atoms with Crippen molar-refractivity contribution < 1.29 is 4.74 Å². The molecule has 0 radical (unpaired) electrons. The lowest BCUT2D eigenvalue weighted by molar-refractivity contribution is 0.412. The molecule has 0 atom stereocenters. The molecular formula is C13H16BrN3O. The van der Waals surface area contributed by atoms with Gasteiger partial charge >= 0.3 is 0 Å². The Morgan fingerprint density at radius 1 is 1.33 bits per heavy atom. The van der Waals surface area contributed by atoms with Gasteiger partial charge in [-0.25, -0.2) is 0 Å². The van der Waals surface area contributed by atoms with E-state index < -0.39 is 0 Å². The van der Waals surface area contributed by atoms with Crippen LogP contribution in [0.3, 0.4) is 0 Å². The van der Waals surface area contributed by atoms with Gasteiger partial charge in [-0.2, -0.15) is 5.10 Å². The molecule has 0 fully saturated rings. The first-order chi connectivity index (χ1) is 8.54. The van der Waals surface area contributed by atoms with Crippen molar-refractivity contribution in [1.82, 2.24) is 10.2 Å².